The van der Waals surface area contributed by atoms with Gasteiger partial charge in [0.05, 0.1) is 0 Å². The molecule has 4 aliphatic rings. The summed E-state index contributed by atoms with van der Waals surface area (Å²) in [6, 6.07) is 0.0437. The predicted molar refractivity (Wildman–Crippen MR) is 97.4 cm³/mol. The molecular weight excluding hydrogens is 312 g/mol. The van der Waals surface area contributed by atoms with Gasteiger partial charge in [0, 0.05) is 23.8 Å². The number of carbonyl (C=O) groups excluding carboxylic acids is 2. The van der Waals surface area contributed by atoms with Crippen LogP contribution in [0.2, 0.25) is 0 Å². The molecule has 25 heavy (non-hydrogen) atoms. The van der Waals surface area contributed by atoms with Crippen LogP contribution in [-0.4, -0.2) is 17.6 Å². The summed E-state index contributed by atoms with van der Waals surface area (Å²) in [5.41, 5.74) is 4.47. The average molecular weight is 344 g/mol. The minimum atomic E-state index is -0.0127. The molecule has 3 N–H and O–H groups in total. The number of fused-ring (bicyclic) bond motifs is 5. The third kappa shape index (κ3) is 2.26. The number of hydrogen-bond acceptors (Lipinski definition) is 4. The first-order valence-corrected chi connectivity index (χ1v) is 10.0. The summed E-state index contributed by atoms with van der Waals surface area (Å²) < 4.78 is 0. The summed E-state index contributed by atoms with van der Waals surface area (Å²) >= 11 is 0. The average Bonchev–Trinajstić information content (AvgIpc) is 2.92. The molecule has 0 radical (unpaired) electrons. The number of ketones is 2. The first-order valence-electron chi connectivity index (χ1n) is 10.0. The molecule has 138 valence electrons. The van der Waals surface area contributed by atoms with Gasteiger partial charge in [0.25, 0.3) is 0 Å². The lowest BCUT2D eigenvalue weighted by Gasteiger charge is -2.59. The molecule has 4 aliphatic carbocycles. The van der Waals surface area contributed by atoms with Crippen LogP contribution in [0.1, 0.15) is 65.7 Å². The van der Waals surface area contributed by atoms with Crippen molar-refractivity contribution in [2.75, 3.05) is 0 Å². The Morgan fingerprint density at radius 3 is 2.64 bits per heavy atom. The lowest BCUT2D eigenvalue weighted by Crippen LogP contribution is -2.60. The Kier molecular flexibility index (Phi) is 4.01. The van der Waals surface area contributed by atoms with E-state index in [9.17, 15) is 9.59 Å². The van der Waals surface area contributed by atoms with Crippen molar-refractivity contribution in [2.45, 2.75) is 71.8 Å². The van der Waals surface area contributed by atoms with E-state index < -0.39 is 0 Å². The molecule has 7 atom stereocenters. The van der Waals surface area contributed by atoms with Gasteiger partial charge >= 0.3 is 0 Å². The van der Waals surface area contributed by atoms with Gasteiger partial charge in [0.1, 0.15) is 5.78 Å². The maximum Gasteiger partial charge on any atom is 0.157 e. The van der Waals surface area contributed by atoms with Crippen LogP contribution in [0, 0.1) is 34.5 Å². The third-order valence-electron chi connectivity index (χ3n) is 8.80. The highest BCUT2D eigenvalue weighted by atomic mass is 16.1. The molecule has 0 bridgehead atoms. The van der Waals surface area contributed by atoms with Crippen molar-refractivity contribution < 1.29 is 9.59 Å². The molecule has 0 aromatic carbocycles. The zero-order valence-corrected chi connectivity index (χ0v) is 15.8. The van der Waals surface area contributed by atoms with E-state index in [1.54, 1.807) is 6.92 Å². The zero-order chi connectivity index (χ0) is 18.0. The standard InChI is InChI=1S/C21H32N2O2/c1-12(24)16-6-7-17-15-5-4-13-10-14(25)11-19(23-22)21(13,3)18(15)8-9-20(16,17)2/h10,15-19,23H,4-9,11,22H2,1-3H3/t15-,16+,17-,18-,19?,20+,21-/m0/s1. The van der Waals surface area contributed by atoms with Crippen molar-refractivity contribution in [1.29, 1.82) is 0 Å². The van der Waals surface area contributed by atoms with E-state index in [0.29, 0.717) is 30.0 Å². The second-order valence-corrected chi connectivity index (χ2v) is 9.54. The van der Waals surface area contributed by atoms with E-state index in [-0.39, 0.29) is 28.6 Å². The van der Waals surface area contributed by atoms with Crippen molar-refractivity contribution in [3.8, 4) is 0 Å². The summed E-state index contributed by atoms with van der Waals surface area (Å²) in [7, 11) is 0. The van der Waals surface area contributed by atoms with E-state index in [1.165, 1.54) is 18.4 Å². The van der Waals surface area contributed by atoms with E-state index in [4.69, 9.17) is 5.84 Å². The largest absolute Gasteiger partial charge is 0.300 e. The van der Waals surface area contributed by atoms with E-state index >= 15 is 0 Å². The van der Waals surface area contributed by atoms with Gasteiger partial charge in [-0.1, -0.05) is 19.4 Å². The van der Waals surface area contributed by atoms with E-state index in [1.807, 2.05) is 6.08 Å². The van der Waals surface area contributed by atoms with Crippen LogP contribution < -0.4 is 11.3 Å². The minimum Gasteiger partial charge on any atom is -0.300 e. The minimum absolute atomic E-state index is 0.0127. The first-order chi connectivity index (χ1) is 11.8. The molecule has 4 heteroatoms. The molecule has 1 unspecified atom stereocenters. The van der Waals surface area contributed by atoms with Gasteiger partial charge < -0.3 is 0 Å². The summed E-state index contributed by atoms with van der Waals surface area (Å²) in [5, 5.41) is 0. The Balaban J connectivity index is 1.70. The number of hydrogen-bond donors (Lipinski definition) is 2. The third-order valence-corrected chi connectivity index (χ3v) is 8.80. The molecule has 0 heterocycles. The second-order valence-electron chi connectivity index (χ2n) is 9.54. The van der Waals surface area contributed by atoms with Crippen LogP contribution >= 0.6 is 0 Å². The number of rotatable bonds is 2. The predicted octanol–water partition coefficient (Wildman–Crippen LogP) is 3.17. The fourth-order valence-corrected chi connectivity index (χ4v) is 7.54. The number of nitrogens with two attached hydrogens (primary N) is 1. The quantitative estimate of drug-likeness (QED) is 0.596. The molecule has 3 saturated carbocycles. The van der Waals surface area contributed by atoms with E-state index in [2.05, 4.69) is 19.3 Å². The highest BCUT2D eigenvalue weighted by molar-refractivity contribution is 5.92. The number of nitrogens with one attached hydrogen (secondary N) is 1. The van der Waals surface area contributed by atoms with Crippen LogP contribution in [0.4, 0.5) is 0 Å². The van der Waals surface area contributed by atoms with Gasteiger partial charge in [-0.3, -0.25) is 20.9 Å². The SMILES string of the molecule is CC(=O)[C@H]1CC[C@H]2[C@@H]3CCC4=CC(=O)CC(NN)[C@]4(C)[C@H]3CC[C@]12C. The number of hydrazine groups is 1. The monoisotopic (exact) mass is 344 g/mol. The molecule has 3 fully saturated rings. The van der Waals surface area contributed by atoms with Gasteiger partial charge in [0.15, 0.2) is 5.78 Å². The van der Waals surface area contributed by atoms with Crippen molar-refractivity contribution in [3.63, 3.8) is 0 Å². The van der Waals surface area contributed by atoms with Gasteiger partial charge in [-0.15, -0.1) is 0 Å². The highest BCUT2D eigenvalue weighted by Crippen LogP contribution is 2.66. The maximum atomic E-state index is 12.2. The molecule has 0 spiro atoms. The molecule has 4 rings (SSSR count). The maximum absolute atomic E-state index is 12.2. The Morgan fingerprint density at radius 1 is 1.20 bits per heavy atom. The number of Topliss-reactive ketones (excluding diaryl/α,β-unsaturated/α-hetero) is 1. The van der Waals surface area contributed by atoms with Gasteiger partial charge in [-0.2, -0.15) is 0 Å². The van der Waals surface area contributed by atoms with Gasteiger partial charge in [0.2, 0.25) is 0 Å². The summed E-state index contributed by atoms with van der Waals surface area (Å²) in [6.45, 7) is 6.50. The topological polar surface area (TPSA) is 72.2 Å². The van der Waals surface area contributed by atoms with E-state index in [0.717, 1.165) is 25.7 Å². The molecule has 4 nitrogen and oxygen atoms in total. The lowest BCUT2D eigenvalue weighted by molar-refractivity contribution is -0.129. The summed E-state index contributed by atoms with van der Waals surface area (Å²) in [4.78, 5) is 24.4. The van der Waals surface area contributed by atoms with Crippen LogP contribution in [0.5, 0.6) is 0 Å². The van der Waals surface area contributed by atoms with Crippen molar-refractivity contribution in [1.82, 2.24) is 5.43 Å². The molecule has 0 amide bonds. The molecule has 0 aromatic rings. The second kappa shape index (κ2) is 5.75. The summed E-state index contributed by atoms with van der Waals surface area (Å²) in [5.74, 6) is 8.63. The van der Waals surface area contributed by atoms with Crippen LogP contribution in [0.3, 0.4) is 0 Å². The Morgan fingerprint density at radius 2 is 1.96 bits per heavy atom. The van der Waals surface area contributed by atoms with Crippen LogP contribution in [0.25, 0.3) is 0 Å². The van der Waals surface area contributed by atoms with Gasteiger partial charge in [-0.25, -0.2) is 0 Å². The normalized spacial score (nSPS) is 49.0. The van der Waals surface area contributed by atoms with Crippen LogP contribution in [-0.2, 0) is 9.59 Å². The lowest BCUT2D eigenvalue weighted by atomic mass is 9.46. The Hall–Kier alpha value is -1.00. The molecule has 0 aromatic heterocycles. The zero-order valence-electron chi connectivity index (χ0n) is 15.8. The smallest absolute Gasteiger partial charge is 0.157 e. The van der Waals surface area contributed by atoms with Crippen molar-refractivity contribution >= 4 is 11.6 Å². The van der Waals surface area contributed by atoms with Crippen molar-refractivity contribution in [3.05, 3.63) is 11.6 Å². The Bertz CT molecular complexity index is 642. The fraction of sp³-hybridized carbons (Fsp3) is 0.810. The fourth-order valence-electron chi connectivity index (χ4n) is 7.54. The van der Waals surface area contributed by atoms with Crippen molar-refractivity contribution in [2.24, 2.45) is 40.3 Å². The van der Waals surface area contributed by atoms with Gasteiger partial charge in [-0.05, 0) is 74.7 Å². The molecule has 0 aliphatic heterocycles. The first kappa shape index (κ1) is 17.4. The molecule has 0 saturated heterocycles. The highest BCUT2D eigenvalue weighted by Gasteiger charge is 2.61. The summed E-state index contributed by atoms with van der Waals surface area (Å²) in [6.07, 6.45) is 9.16. The Labute approximate surface area is 151 Å². The van der Waals surface area contributed by atoms with Crippen LogP contribution in [0.15, 0.2) is 11.6 Å². The number of carbonyl (C=O) groups is 2. The molecular formula is C21H32N2O2.